The summed E-state index contributed by atoms with van der Waals surface area (Å²) < 4.78 is 60.2. The Kier molecular flexibility index (Phi) is 10.2. The van der Waals surface area contributed by atoms with Crippen molar-refractivity contribution < 1.29 is 52.5 Å². The predicted octanol–water partition coefficient (Wildman–Crippen LogP) is 3.52. The van der Waals surface area contributed by atoms with Crippen LogP contribution in [0.3, 0.4) is 0 Å². The van der Waals surface area contributed by atoms with E-state index in [1.807, 2.05) is 0 Å². The molecular weight excluding hydrogens is 670 g/mol. The van der Waals surface area contributed by atoms with Crippen LogP contribution in [0.25, 0.3) is 0 Å². The number of rotatable bonds is 4. The maximum Gasteiger partial charge on any atom is 0.172 e. The van der Waals surface area contributed by atoms with Gasteiger partial charge in [0, 0.05) is 58.1 Å². The number of fused-ring (bicyclic) bond motifs is 6. The lowest BCUT2D eigenvalue weighted by Gasteiger charge is -2.47. The van der Waals surface area contributed by atoms with Crippen LogP contribution in [0.15, 0.2) is 12.2 Å². The second-order valence-corrected chi connectivity index (χ2v) is 17.8. The molecule has 0 aromatic rings. The molecule has 1 spiro atoms. The molecule has 20 atom stereocenters. The van der Waals surface area contributed by atoms with Crippen LogP contribution >= 0.6 is 0 Å². The van der Waals surface area contributed by atoms with E-state index in [4.69, 9.17) is 48.4 Å². The van der Waals surface area contributed by atoms with Crippen molar-refractivity contribution in [3.05, 3.63) is 12.2 Å². The Balaban J connectivity index is 0.992. The quantitative estimate of drug-likeness (QED) is 0.408. The molecule has 3 N–H and O–H groups in total. The molecule has 0 aromatic carbocycles. The number of aliphatic hydroxyl groups is 1. The first-order chi connectivity index (χ1) is 25.1. The topological polar surface area (TPSA) is 146 Å². The van der Waals surface area contributed by atoms with Crippen LogP contribution in [0.2, 0.25) is 0 Å². The summed E-state index contributed by atoms with van der Waals surface area (Å²) >= 11 is 0. The number of carbonyl (C=O) groups excluding carboxylic acids is 1. The van der Waals surface area contributed by atoms with Gasteiger partial charge in [-0.2, -0.15) is 0 Å². The first-order valence-corrected chi connectivity index (χ1v) is 20.5. The molecule has 10 saturated heterocycles. The summed E-state index contributed by atoms with van der Waals surface area (Å²) in [5.74, 6) is -0.0226. The summed E-state index contributed by atoms with van der Waals surface area (Å²) in [5, 5.41) is 10.5. The molecule has 0 aliphatic carbocycles. The average Bonchev–Trinajstić information content (AvgIpc) is 3.79. The van der Waals surface area contributed by atoms with Gasteiger partial charge in [0.25, 0.3) is 0 Å². The van der Waals surface area contributed by atoms with Crippen molar-refractivity contribution in [3.8, 4) is 0 Å². The van der Waals surface area contributed by atoms with Gasteiger partial charge in [-0.05, 0) is 62.4 Å². The largest absolute Gasteiger partial charge is 0.392 e. The standard InChI is InChI=1S/C40H61NO11/c1-19-11-24-5-7-28-20(2)12-26(45-28)9-10-40-17-33-36(51-40)37-38(50-33)39(52-40)35-29(49-37)8-6-25(47-35)13-22(42)14-27-31(16-30(46-24)21(19)3)48-32(34(27)44-4)15-23(43)18-41/h19,21,23-39,43H,2,5-18,41H2,1,3-4H3/t19-,21?,23+,24+,25-,26+,27+,28+,29+,30-,31+,32-,33-,34-,35+,36+,37+,38-,39+,40+/m1/s1. The van der Waals surface area contributed by atoms with Gasteiger partial charge in [-0.25, -0.2) is 0 Å². The Bertz CT molecular complexity index is 1330. The lowest BCUT2D eigenvalue weighted by atomic mass is 9.78. The van der Waals surface area contributed by atoms with E-state index < -0.39 is 11.9 Å². The van der Waals surface area contributed by atoms with Crippen LogP contribution < -0.4 is 5.73 Å². The highest BCUT2D eigenvalue weighted by molar-refractivity contribution is 5.79. The molecule has 10 heterocycles. The molecule has 12 nitrogen and oxygen atoms in total. The second-order valence-electron chi connectivity index (χ2n) is 17.8. The zero-order valence-corrected chi connectivity index (χ0v) is 31.2. The summed E-state index contributed by atoms with van der Waals surface area (Å²) in [6.45, 7) is 9.18. The maximum absolute atomic E-state index is 14.1. The highest BCUT2D eigenvalue weighted by Crippen LogP contribution is 2.54. The van der Waals surface area contributed by atoms with Crippen molar-refractivity contribution in [3.63, 3.8) is 0 Å². The van der Waals surface area contributed by atoms with Gasteiger partial charge in [-0.15, -0.1) is 0 Å². The van der Waals surface area contributed by atoms with E-state index in [2.05, 4.69) is 20.4 Å². The van der Waals surface area contributed by atoms with Gasteiger partial charge in [0.05, 0.1) is 67.1 Å². The van der Waals surface area contributed by atoms with Gasteiger partial charge in [0.2, 0.25) is 0 Å². The molecule has 0 amide bonds. The molecule has 0 radical (unpaired) electrons. The van der Waals surface area contributed by atoms with Gasteiger partial charge in [-0.1, -0.05) is 20.4 Å². The lowest BCUT2D eigenvalue weighted by molar-refractivity contribution is -0.292. The van der Waals surface area contributed by atoms with Gasteiger partial charge < -0.3 is 53.5 Å². The SMILES string of the molecule is C=C1C[C@@H]2CC[C@@]34C[C@H]5O[C@H]6[C@@H](O3)[C@H]3O[C@H](CC[C@@H]3O[C@H]6[C@H]5O4)CC(=O)C[C@@H]3[C@@H](OC)[C@@H](C[C@H](O)CN)O[C@H]3C[C@H]3O[C@@H](CC[C@@H]1O2)C[C@@H](C)C3C. The van der Waals surface area contributed by atoms with Crippen LogP contribution in [-0.4, -0.2) is 128 Å². The molecule has 10 fully saturated rings. The van der Waals surface area contributed by atoms with E-state index in [1.165, 1.54) is 0 Å². The summed E-state index contributed by atoms with van der Waals surface area (Å²) in [5.41, 5.74) is 6.98. The maximum atomic E-state index is 14.1. The highest BCUT2D eigenvalue weighted by Gasteiger charge is 2.68. The van der Waals surface area contributed by atoms with Crippen molar-refractivity contribution in [1.82, 2.24) is 0 Å². The average molecular weight is 732 g/mol. The molecule has 12 bridgehead atoms. The van der Waals surface area contributed by atoms with Gasteiger partial charge in [0.15, 0.2) is 5.79 Å². The molecule has 1 unspecified atom stereocenters. The fourth-order valence-electron chi connectivity index (χ4n) is 11.5. The van der Waals surface area contributed by atoms with Crippen molar-refractivity contribution in [2.24, 2.45) is 23.5 Å². The smallest absolute Gasteiger partial charge is 0.172 e. The van der Waals surface area contributed by atoms with Crippen LogP contribution in [-0.2, 0) is 47.4 Å². The van der Waals surface area contributed by atoms with Gasteiger partial charge >= 0.3 is 0 Å². The number of carbonyl (C=O) groups is 1. The summed E-state index contributed by atoms with van der Waals surface area (Å²) in [6.07, 6.45) is 5.75. The number of ether oxygens (including phenoxy) is 9. The third-order valence-electron chi connectivity index (χ3n) is 14.5. The minimum absolute atomic E-state index is 0.00667. The molecule has 0 aromatic heterocycles. The van der Waals surface area contributed by atoms with Crippen molar-refractivity contribution in [2.45, 2.75) is 201 Å². The normalized spacial score (nSPS) is 53.8. The summed E-state index contributed by atoms with van der Waals surface area (Å²) in [6, 6.07) is 0. The molecule has 10 rings (SSSR count). The van der Waals surface area contributed by atoms with E-state index in [-0.39, 0.29) is 110 Å². The molecule has 10 aliphatic heterocycles. The Labute approximate surface area is 308 Å². The van der Waals surface area contributed by atoms with E-state index in [0.29, 0.717) is 50.4 Å². The molecule has 292 valence electrons. The molecule has 0 saturated carbocycles. The molecule has 12 heteroatoms. The Morgan fingerprint density at radius 1 is 0.808 bits per heavy atom. The Hall–Kier alpha value is -1.03. The number of nitrogens with two attached hydrogens (primary N) is 1. The lowest BCUT2D eigenvalue weighted by Crippen LogP contribution is -2.61. The fourth-order valence-corrected chi connectivity index (χ4v) is 11.5. The first kappa shape index (κ1) is 36.6. The first-order valence-electron chi connectivity index (χ1n) is 20.5. The summed E-state index contributed by atoms with van der Waals surface area (Å²) in [4.78, 5) is 14.1. The van der Waals surface area contributed by atoms with Crippen molar-refractivity contribution in [2.75, 3.05) is 13.7 Å². The highest BCUT2D eigenvalue weighted by atomic mass is 16.8. The molecule has 10 aliphatic rings. The van der Waals surface area contributed by atoms with Crippen LogP contribution in [0.5, 0.6) is 0 Å². The number of methoxy groups -OCH3 is 1. The fraction of sp³-hybridized carbons (Fsp3) is 0.925. The van der Waals surface area contributed by atoms with E-state index in [0.717, 1.165) is 50.5 Å². The molecule has 52 heavy (non-hydrogen) atoms. The zero-order chi connectivity index (χ0) is 35.9. The van der Waals surface area contributed by atoms with Crippen LogP contribution in [0.1, 0.15) is 97.3 Å². The van der Waals surface area contributed by atoms with Crippen molar-refractivity contribution in [1.29, 1.82) is 0 Å². The number of hydrogen-bond donors (Lipinski definition) is 2. The van der Waals surface area contributed by atoms with Gasteiger partial charge in [0.1, 0.15) is 36.3 Å². The van der Waals surface area contributed by atoms with E-state index in [1.54, 1.807) is 7.11 Å². The van der Waals surface area contributed by atoms with Crippen LogP contribution in [0, 0.1) is 17.8 Å². The Morgan fingerprint density at radius 2 is 1.58 bits per heavy atom. The van der Waals surface area contributed by atoms with Crippen LogP contribution in [0.4, 0.5) is 0 Å². The monoisotopic (exact) mass is 731 g/mol. The second kappa shape index (κ2) is 14.5. The zero-order valence-electron chi connectivity index (χ0n) is 31.2. The third-order valence-corrected chi connectivity index (χ3v) is 14.5. The number of aliphatic hydroxyl groups excluding tert-OH is 1. The third kappa shape index (κ3) is 6.67. The molecular formula is C40H61NO11. The number of hydrogen-bond acceptors (Lipinski definition) is 12. The predicted molar refractivity (Wildman–Crippen MR) is 186 cm³/mol. The van der Waals surface area contributed by atoms with Gasteiger partial charge in [-0.3, -0.25) is 4.79 Å². The van der Waals surface area contributed by atoms with Crippen molar-refractivity contribution >= 4 is 5.78 Å². The Morgan fingerprint density at radius 3 is 2.40 bits per heavy atom. The minimum Gasteiger partial charge on any atom is -0.392 e. The number of Topliss-reactive ketones (excluding diaryl/α,β-unsaturated/α-hetero) is 1. The van der Waals surface area contributed by atoms with E-state index >= 15 is 0 Å². The number of ketones is 1. The minimum atomic E-state index is -0.772. The summed E-state index contributed by atoms with van der Waals surface area (Å²) in [7, 11) is 1.68. The van der Waals surface area contributed by atoms with E-state index in [9.17, 15) is 9.90 Å².